The highest BCUT2D eigenvalue weighted by molar-refractivity contribution is 7.07. The lowest BCUT2D eigenvalue weighted by molar-refractivity contribution is -0.138. The van der Waals surface area contributed by atoms with E-state index in [0.29, 0.717) is 37.7 Å². The molecule has 0 spiro atoms. The molecule has 3 aliphatic heterocycles. The number of hydrogen-bond donors (Lipinski definition) is 0. The number of ether oxygens (including phenoxy) is 3. The van der Waals surface area contributed by atoms with Crippen molar-refractivity contribution in [1.82, 2.24) is 4.57 Å². The van der Waals surface area contributed by atoms with E-state index in [4.69, 9.17) is 19.2 Å². The molecular weight excluding hydrogens is 562 g/mol. The lowest BCUT2D eigenvalue weighted by Gasteiger charge is -2.26. The van der Waals surface area contributed by atoms with Crippen LogP contribution in [0, 0.1) is 6.92 Å². The number of aryl methyl sites for hydroxylation is 1. The zero-order valence-electron chi connectivity index (χ0n) is 24.0. The third-order valence-electron chi connectivity index (χ3n) is 8.05. The van der Waals surface area contributed by atoms with Gasteiger partial charge in [0.25, 0.3) is 5.56 Å². The van der Waals surface area contributed by atoms with Gasteiger partial charge in [0, 0.05) is 24.3 Å². The van der Waals surface area contributed by atoms with Gasteiger partial charge < -0.3 is 19.1 Å². The zero-order chi connectivity index (χ0) is 29.5. The maximum absolute atomic E-state index is 14.2. The van der Waals surface area contributed by atoms with Crippen LogP contribution in [0.1, 0.15) is 48.1 Å². The lowest BCUT2D eigenvalue weighted by atomic mass is 9.93. The van der Waals surface area contributed by atoms with Crippen molar-refractivity contribution in [3.8, 4) is 11.5 Å². The summed E-state index contributed by atoms with van der Waals surface area (Å²) in [6.45, 7) is 6.34. The SMILES string of the molecule is CCOC(=O)C1=C(c2ccccc2)N=c2s/c(=C/c3ccc(N4CCCC4)c(C)c3)c(=O)n2[C@H]1c1ccc2c(c1)OCO2. The number of esters is 1. The van der Waals surface area contributed by atoms with E-state index in [2.05, 4.69) is 30.0 Å². The molecule has 1 saturated heterocycles. The average Bonchev–Trinajstić information content (AvgIpc) is 3.78. The molecule has 43 heavy (non-hydrogen) atoms. The van der Waals surface area contributed by atoms with E-state index in [-0.39, 0.29) is 19.0 Å². The van der Waals surface area contributed by atoms with Crippen molar-refractivity contribution in [2.75, 3.05) is 31.4 Å². The minimum Gasteiger partial charge on any atom is -0.463 e. The highest BCUT2D eigenvalue weighted by atomic mass is 32.1. The van der Waals surface area contributed by atoms with Crippen LogP contribution in [0.15, 0.2) is 82.1 Å². The molecule has 3 aliphatic rings. The molecule has 0 saturated carbocycles. The van der Waals surface area contributed by atoms with E-state index in [1.807, 2.05) is 54.6 Å². The van der Waals surface area contributed by atoms with Crippen LogP contribution in [-0.2, 0) is 9.53 Å². The third-order valence-corrected chi connectivity index (χ3v) is 9.03. The van der Waals surface area contributed by atoms with Crippen LogP contribution >= 0.6 is 11.3 Å². The predicted molar refractivity (Wildman–Crippen MR) is 166 cm³/mol. The molecule has 4 heterocycles. The maximum Gasteiger partial charge on any atom is 0.338 e. The number of thiazole rings is 1. The zero-order valence-corrected chi connectivity index (χ0v) is 24.9. The summed E-state index contributed by atoms with van der Waals surface area (Å²) in [5, 5.41) is 0. The highest BCUT2D eigenvalue weighted by Gasteiger charge is 2.36. The van der Waals surface area contributed by atoms with Gasteiger partial charge >= 0.3 is 5.97 Å². The predicted octanol–water partition coefficient (Wildman–Crippen LogP) is 4.57. The van der Waals surface area contributed by atoms with E-state index >= 15 is 0 Å². The van der Waals surface area contributed by atoms with Crippen LogP contribution in [-0.4, -0.2) is 37.0 Å². The summed E-state index contributed by atoms with van der Waals surface area (Å²) in [7, 11) is 0. The Morgan fingerprint density at radius 1 is 1.05 bits per heavy atom. The second-order valence-electron chi connectivity index (χ2n) is 10.8. The summed E-state index contributed by atoms with van der Waals surface area (Å²) < 4.78 is 18.9. The number of carbonyl (C=O) groups is 1. The van der Waals surface area contributed by atoms with Crippen molar-refractivity contribution in [2.24, 2.45) is 4.99 Å². The van der Waals surface area contributed by atoms with Crippen LogP contribution in [0.25, 0.3) is 11.8 Å². The first-order valence-corrected chi connectivity index (χ1v) is 15.4. The molecule has 8 nitrogen and oxygen atoms in total. The molecule has 0 amide bonds. The van der Waals surface area contributed by atoms with Crippen molar-refractivity contribution in [3.05, 3.63) is 114 Å². The quantitative estimate of drug-likeness (QED) is 0.305. The molecule has 1 aromatic heterocycles. The van der Waals surface area contributed by atoms with E-state index in [1.165, 1.54) is 35.4 Å². The lowest BCUT2D eigenvalue weighted by Crippen LogP contribution is -2.40. The summed E-state index contributed by atoms with van der Waals surface area (Å²) in [4.78, 5) is 35.7. The molecule has 3 aromatic carbocycles. The van der Waals surface area contributed by atoms with Crippen LogP contribution in [0.4, 0.5) is 5.69 Å². The highest BCUT2D eigenvalue weighted by Crippen LogP contribution is 2.40. The number of rotatable bonds is 6. The molecule has 0 N–H and O–H groups in total. The maximum atomic E-state index is 14.2. The van der Waals surface area contributed by atoms with Crippen molar-refractivity contribution in [2.45, 2.75) is 32.7 Å². The van der Waals surface area contributed by atoms with Gasteiger partial charge in [-0.3, -0.25) is 9.36 Å². The molecule has 1 atom stereocenters. The summed E-state index contributed by atoms with van der Waals surface area (Å²) in [5.41, 5.74) is 5.40. The fraction of sp³-hybridized carbons (Fsp3) is 0.265. The Kier molecular flexibility index (Phi) is 7.10. The molecular formula is C34H31N3O5S. The first kappa shape index (κ1) is 27.2. The Labute approximate surface area is 252 Å². The Morgan fingerprint density at radius 2 is 1.84 bits per heavy atom. The second kappa shape index (κ2) is 11.2. The first-order chi connectivity index (χ1) is 21.0. The van der Waals surface area contributed by atoms with E-state index < -0.39 is 12.0 Å². The molecule has 0 aliphatic carbocycles. The molecule has 1 fully saturated rings. The number of aromatic nitrogens is 1. The van der Waals surface area contributed by atoms with Gasteiger partial charge in [0.05, 0.1) is 28.5 Å². The number of hydrogen-bond acceptors (Lipinski definition) is 8. The summed E-state index contributed by atoms with van der Waals surface area (Å²) in [6.07, 6.45) is 4.34. The molecule has 4 aromatic rings. The number of carbonyl (C=O) groups excluding carboxylic acids is 1. The standard InChI is InChI=1S/C34H31N3O5S/c1-3-40-33(39)29-30(23-9-5-4-6-10-23)35-34-37(31(29)24-12-14-26-27(19-24)42-20-41-26)32(38)28(43-34)18-22-11-13-25(21(2)17-22)36-15-7-8-16-36/h4-6,9-14,17-19,31H,3,7-8,15-16,20H2,1-2H3/b28-18+/t31-/m0/s1. The van der Waals surface area contributed by atoms with Gasteiger partial charge in [0.15, 0.2) is 16.3 Å². The van der Waals surface area contributed by atoms with Gasteiger partial charge in [-0.05, 0) is 73.7 Å². The van der Waals surface area contributed by atoms with Crippen molar-refractivity contribution in [1.29, 1.82) is 0 Å². The largest absolute Gasteiger partial charge is 0.463 e. The minimum absolute atomic E-state index is 0.118. The van der Waals surface area contributed by atoms with E-state index in [9.17, 15) is 9.59 Å². The van der Waals surface area contributed by atoms with Gasteiger partial charge in [-0.2, -0.15) is 0 Å². The Balaban J connectivity index is 1.43. The molecule has 0 bridgehead atoms. The van der Waals surface area contributed by atoms with E-state index in [0.717, 1.165) is 24.2 Å². The fourth-order valence-corrected chi connectivity index (χ4v) is 7.07. The first-order valence-electron chi connectivity index (χ1n) is 14.6. The average molecular weight is 594 g/mol. The Hall–Kier alpha value is -4.63. The van der Waals surface area contributed by atoms with Gasteiger partial charge in [-0.1, -0.05) is 53.8 Å². The Bertz CT molecular complexity index is 1940. The topological polar surface area (TPSA) is 82.4 Å². The van der Waals surface area contributed by atoms with Crippen LogP contribution < -0.4 is 29.3 Å². The van der Waals surface area contributed by atoms with Gasteiger partial charge in [-0.25, -0.2) is 9.79 Å². The molecule has 0 unspecified atom stereocenters. The van der Waals surface area contributed by atoms with Crippen molar-refractivity contribution in [3.63, 3.8) is 0 Å². The summed E-state index contributed by atoms with van der Waals surface area (Å²) in [6, 6.07) is 20.6. The van der Waals surface area contributed by atoms with Crippen LogP contribution in [0.3, 0.4) is 0 Å². The number of nitrogens with zero attached hydrogens (tertiary/aromatic N) is 3. The molecule has 218 valence electrons. The second-order valence-corrected chi connectivity index (χ2v) is 11.8. The summed E-state index contributed by atoms with van der Waals surface area (Å²) >= 11 is 1.32. The normalized spacial score (nSPS) is 17.7. The Morgan fingerprint density at radius 3 is 2.60 bits per heavy atom. The number of anilines is 1. The fourth-order valence-electron chi connectivity index (χ4n) is 6.07. The minimum atomic E-state index is -0.776. The van der Waals surface area contributed by atoms with E-state index in [1.54, 1.807) is 11.5 Å². The van der Waals surface area contributed by atoms with Crippen LogP contribution in [0.2, 0.25) is 0 Å². The third kappa shape index (κ3) is 4.93. The van der Waals surface area contributed by atoms with Gasteiger partial charge in [0.2, 0.25) is 6.79 Å². The molecule has 9 heteroatoms. The van der Waals surface area contributed by atoms with Crippen LogP contribution in [0.5, 0.6) is 11.5 Å². The number of benzene rings is 3. The van der Waals surface area contributed by atoms with Crippen molar-refractivity contribution < 1.29 is 19.0 Å². The number of fused-ring (bicyclic) bond motifs is 2. The molecule has 7 rings (SSSR count). The van der Waals surface area contributed by atoms with Crippen molar-refractivity contribution >= 4 is 34.8 Å². The summed E-state index contributed by atoms with van der Waals surface area (Å²) in [5.74, 6) is 0.665. The molecule has 0 radical (unpaired) electrons. The smallest absolute Gasteiger partial charge is 0.338 e. The van der Waals surface area contributed by atoms with Gasteiger partial charge in [0.1, 0.15) is 0 Å². The van der Waals surface area contributed by atoms with Gasteiger partial charge in [-0.15, -0.1) is 0 Å². The monoisotopic (exact) mass is 593 g/mol.